The number of rotatable bonds is 10. The van der Waals surface area contributed by atoms with E-state index in [1.54, 1.807) is 19.1 Å². The van der Waals surface area contributed by atoms with Crippen molar-refractivity contribution in [2.45, 2.75) is 32.4 Å². The molecule has 0 unspecified atom stereocenters. The summed E-state index contributed by atoms with van der Waals surface area (Å²) < 4.78 is 32.2. The van der Waals surface area contributed by atoms with Gasteiger partial charge in [-0.2, -0.15) is 0 Å². The van der Waals surface area contributed by atoms with Crippen LogP contribution in [0, 0.1) is 5.82 Å². The van der Waals surface area contributed by atoms with E-state index in [0.717, 1.165) is 11.1 Å². The second-order valence-electron chi connectivity index (χ2n) is 7.35. The summed E-state index contributed by atoms with van der Waals surface area (Å²) in [5.41, 5.74) is 2.59. The molecule has 8 heteroatoms. The Hall–Kier alpha value is -3.00. The van der Waals surface area contributed by atoms with Gasteiger partial charge in [0.2, 0.25) is 5.91 Å². The topological polar surface area (TPSA) is 70.7 Å². The number of hydrogen-bond donors (Lipinski definition) is 2. The number of anilines is 1. The number of carbonyl (C=O) groups excluding carboxylic acids is 2. The van der Waals surface area contributed by atoms with E-state index in [1.165, 1.54) is 11.0 Å². The number of alkyl halides is 1. The first-order valence-corrected chi connectivity index (χ1v) is 10.4. The van der Waals surface area contributed by atoms with Crippen LogP contribution in [0.1, 0.15) is 25.3 Å². The van der Waals surface area contributed by atoms with E-state index in [2.05, 4.69) is 10.6 Å². The maximum Gasteiger partial charge on any atom is 0.414 e. The zero-order valence-electron chi connectivity index (χ0n) is 17.5. The van der Waals surface area contributed by atoms with Crippen LogP contribution in [0.15, 0.2) is 42.5 Å². The van der Waals surface area contributed by atoms with Crippen LogP contribution in [0.25, 0.3) is 11.1 Å². The molecule has 0 saturated carbocycles. The molecule has 1 heterocycles. The van der Waals surface area contributed by atoms with Crippen LogP contribution >= 0.6 is 0 Å². The number of ether oxygens (including phenoxy) is 1. The summed E-state index contributed by atoms with van der Waals surface area (Å²) in [6.07, 6.45) is -0.202. The first-order valence-electron chi connectivity index (χ1n) is 10.4. The number of carbonyl (C=O) groups is 2. The van der Waals surface area contributed by atoms with Crippen molar-refractivity contribution in [1.29, 1.82) is 0 Å². The van der Waals surface area contributed by atoms with Gasteiger partial charge in [0.1, 0.15) is 11.9 Å². The van der Waals surface area contributed by atoms with Crippen LogP contribution in [0.2, 0.25) is 0 Å². The van der Waals surface area contributed by atoms with Gasteiger partial charge in [-0.3, -0.25) is 14.1 Å². The van der Waals surface area contributed by atoms with E-state index in [4.69, 9.17) is 4.74 Å². The summed E-state index contributed by atoms with van der Waals surface area (Å²) in [5, 5.41) is 5.85. The third-order valence-electron chi connectivity index (χ3n) is 5.07. The van der Waals surface area contributed by atoms with Gasteiger partial charge < -0.3 is 15.4 Å². The lowest BCUT2D eigenvalue weighted by atomic mass is 10.0. The standard InChI is InChI=1S/C23H27F2N3O3/c1-2-22(29)27-14-19-15-28(23(30)31-19)18-8-9-20(21(25)12-18)17-6-4-16(5-7-17)13-26-11-3-10-24/h4-9,12,19,26H,2-3,10-11,13-15H2,1H3,(H,27,29)/t19-/m0/s1. The third kappa shape index (κ3) is 6.01. The van der Waals surface area contributed by atoms with Crippen molar-refractivity contribution in [3.63, 3.8) is 0 Å². The Kier molecular flexibility index (Phi) is 7.94. The Bertz CT molecular complexity index is 905. The Morgan fingerprint density at radius 1 is 1.23 bits per heavy atom. The lowest BCUT2D eigenvalue weighted by Gasteiger charge is -2.15. The van der Waals surface area contributed by atoms with E-state index in [0.29, 0.717) is 37.2 Å². The molecular weight excluding hydrogens is 404 g/mol. The predicted molar refractivity (Wildman–Crippen MR) is 115 cm³/mol. The summed E-state index contributed by atoms with van der Waals surface area (Å²) in [6, 6.07) is 12.1. The monoisotopic (exact) mass is 431 g/mol. The predicted octanol–water partition coefficient (Wildman–Crippen LogP) is 3.79. The Labute approximate surface area is 180 Å². The van der Waals surface area contributed by atoms with Gasteiger partial charge >= 0.3 is 6.09 Å². The maximum absolute atomic E-state index is 14.8. The molecule has 3 rings (SSSR count). The molecule has 1 aliphatic heterocycles. The van der Waals surface area contributed by atoms with Crippen molar-refractivity contribution in [1.82, 2.24) is 10.6 Å². The molecule has 0 aromatic heterocycles. The fourth-order valence-electron chi connectivity index (χ4n) is 3.32. The number of amides is 2. The van der Waals surface area contributed by atoms with Crippen LogP contribution in [-0.4, -0.2) is 44.4 Å². The summed E-state index contributed by atoms with van der Waals surface area (Å²) >= 11 is 0. The van der Waals surface area contributed by atoms with Crippen LogP contribution < -0.4 is 15.5 Å². The van der Waals surface area contributed by atoms with Gasteiger partial charge in [-0.1, -0.05) is 31.2 Å². The summed E-state index contributed by atoms with van der Waals surface area (Å²) in [5.74, 6) is -0.562. The molecule has 1 fully saturated rings. The quantitative estimate of drug-likeness (QED) is 0.562. The van der Waals surface area contributed by atoms with Crippen LogP contribution in [0.5, 0.6) is 0 Å². The molecule has 1 atom stereocenters. The molecule has 2 N–H and O–H groups in total. The average molecular weight is 431 g/mol. The van der Waals surface area contributed by atoms with Crippen molar-refractivity contribution in [2.24, 2.45) is 0 Å². The highest BCUT2D eigenvalue weighted by atomic mass is 19.1. The first-order chi connectivity index (χ1) is 15.0. The highest BCUT2D eigenvalue weighted by Gasteiger charge is 2.32. The van der Waals surface area contributed by atoms with Crippen LogP contribution in [0.3, 0.4) is 0 Å². The third-order valence-corrected chi connectivity index (χ3v) is 5.07. The van der Waals surface area contributed by atoms with Gasteiger partial charge in [-0.25, -0.2) is 9.18 Å². The van der Waals surface area contributed by atoms with Gasteiger partial charge in [-0.05, 0) is 42.3 Å². The number of benzene rings is 2. The van der Waals surface area contributed by atoms with E-state index < -0.39 is 18.0 Å². The van der Waals surface area contributed by atoms with Crippen molar-refractivity contribution < 1.29 is 23.1 Å². The van der Waals surface area contributed by atoms with Gasteiger partial charge in [-0.15, -0.1) is 0 Å². The van der Waals surface area contributed by atoms with Crippen molar-refractivity contribution >= 4 is 17.7 Å². The molecular formula is C23H27F2N3O3. The fourth-order valence-corrected chi connectivity index (χ4v) is 3.32. The molecule has 2 aromatic rings. The Morgan fingerprint density at radius 3 is 2.68 bits per heavy atom. The fraction of sp³-hybridized carbons (Fsp3) is 0.391. The normalized spacial score (nSPS) is 15.8. The summed E-state index contributed by atoms with van der Waals surface area (Å²) in [4.78, 5) is 24.9. The molecule has 0 radical (unpaired) electrons. The van der Waals surface area contributed by atoms with E-state index in [9.17, 15) is 18.4 Å². The Balaban J connectivity index is 1.63. The van der Waals surface area contributed by atoms with Crippen LogP contribution in [0.4, 0.5) is 19.3 Å². The molecule has 1 aliphatic rings. The lowest BCUT2D eigenvalue weighted by molar-refractivity contribution is -0.121. The second-order valence-corrected chi connectivity index (χ2v) is 7.35. The number of cyclic esters (lactones) is 1. The molecule has 2 aromatic carbocycles. The molecule has 31 heavy (non-hydrogen) atoms. The molecule has 0 aliphatic carbocycles. The van der Waals surface area contributed by atoms with Gasteiger partial charge in [0, 0.05) is 18.5 Å². The molecule has 0 bridgehead atoms. The van der Waals surface area contributed by atoms with Gasteiger partial charge in [0.05, 0.1) is 25.5 Å². The minimum Gasteiger partial charge on any atom is -0.442 e. The van der Waals surface area contributed by atoms with E-state index in [-0.39, 0.29) is 25.7 Å². The second kappa shape index (κ2) is 10.9. The zero-order chi connectivity index (χ0) is 22.2. The number of halogens is 2. The molecule has 166 valence electrons. The van der Waals surface area contributed by atoms with Crippen molar-refractivity contribution in [2.75, 3.05) is 31.2 Å². The van der Waals surface area contributed by atoms with E-state index >= 15 is 0 Å². The van der Waals surface area contributed by atoms with Gasteiger partial charge in [0.15, 0.2) is 0 Å². The van der Waals surface area contributed by atoms with Crippen molar-refractivity contribution in [3.05, 3.63) is 53.8 Å². The highest BCUT2D eigenvalue weighted by Crippen LogP contribution is 2.29. The number of nitrogens with one attached hydrogen (secondary N) is 2. The number of hydrogen-bond acceptors (Lipinski definition) is 4. The zero-order valence-corrected chi connectivity index (χ0v) is 17.5. The van der Waals surface area contributed by atoms with Crippen molar-refractivity contribution in [3.8, 4) is 11.1 Å². The highest BCUT2D eigenvalue weighted by molar-refractivity contribution is 5.90. The van der Waals surface area contributed by atoms with Gasteiger partial charge in [0.25, 0.3) is 0 Å². The largest absolute Gasteiger partial charge is 0.442 e. The average Bonchev–Trinajstić information content (AvgIpc) is 3.16. The van der Waals surface area contributed by atoms with E-state index in [1.807, 2.05) is 24.3 Å². The molecule has 0 spiro atoms. The SMILES string of the molecule is CCC(=O)NC[C@H]1CN(c2ccc(-c3ccc(CNCCCF)cc3)c(F)c2)C(=O)O1. The smallest absolute Gasteiger partial charge is 0.414 e. The maximum atomic E-state index is 14.8. The molecule has 2 amide bonds. The summed E-state index contributed by atoms with van der Waals surface area (Å²) in [6.45, 7) is 3.10. The minimum absolute atomic E-state index is 0.119. The number of nitrogens with zero attached hydrogens (tertiary/aromatic N) is 1. The lowest BCUT2D eigenvalue weighted by Crippen LogP contribution is -2.34. The summed E-state index contributed by atoms with van der Waals surface area (Å²) in [7, 11) is 0. The molecule has 6 nitrogen and oxygen atoms in total. The first kappa shape index (κ1) is 22.7. The minimum atomic E-state index is -0.562. The molecule has 1 saturated heterocycles. The Morgan fingerprint density at radius 2 is 2.00 bits per heavy atom. The van der Waals surface area contributed by atoms with Crippen LogP contribution in [-0.2, 0) is 16.1 Å².